The first-order valence-corrected chi connectivity index (χ1v) is 7.01. The molecule has 0 saturated carbocycles. The summed E-state index contributed by atoms with van der Waals surface area (Å²) in [6.07, 6.45) is -5.67. The number of aromatic hydroxyl groups is 1. The van der Waals surface area contributed by atoms with Crippen molar-refractivity contribution in [2.24, 2.45) is 0 Å². The first kappa shape index (κ1) is 17.8. The largest absolute Gasteiger partial charge is 0.508 e. The number of aromatic nitrogens is 2. The molecule has 0 atom stereocenters. The average molecular weight is 345 g/mol. The Balaban J connectivity index is 2.23. The van der Waals surface area contributed by atoms with Gasteiger partial charge in [-0.25, -0.2) is 4.39 Å². The van der Waals surface area contributed by atoms with Crippen molar-refractivity contribution in [1.29, 1.82) is 0 Å². The SMILES string of the molecule is Cc1cc(C(=O)N(CCC(F)(F)F)Cc2ccc(O)cc2F)n[nH]1. The Bertz CT molecular complexity index is 728. The molecule has 0 aliphatic carbocycles. The van der Waals surface area contributed by atoms with Gasteiger partial charge in [0.15, 0.2) is 0 Å². The lowest BCUT2D eigenvalue weighted by molar-refractivity contribution is -0.136. The van der Waals surface area contributed by atoms with E-state index < -0.39 is 30.9 Å². The number of phenols is 1. The molecule has 9 heteroatoms. The zero-order chi connectivity index (χ0) is 17.9. The number of amides is 1. The monoisotopic (exact) mass is 345 g/mol. The quantitative estimate of drug-likeness (QED) is 0.818. The van der Waals surface area contributed by atoms with Crippen molar-refractivity contribution in [2.45, 2.75) is 26.1 Å². The summed E-state index contributed by atoms with van der Waals surface area (Å²) >= 11 is 0. The second-order valence-electron chi connectivity index (χ2n) is 5.30. The van der Waals surface area contributed by atoms with Crippen molar-refractivity contribution in [3.05, 3.63) is 47.0 Å². The molecule has 0 radical (unpaired) electrons. The van der Waals surface area contributed by atoms with Gasteiger partial charge in [0, 0.05) is 30.4 Å². The number of phenolic OH excluding ortho intramolecular Hbond substituents is 1. The van der Waals surface area contributed by atoms with E-state index in [1.807, 2.05) is 0 Å². The number of aromatic amines is 1. The molecule has 1 heterocycles. The third-order valence-electron chi connectivity index (χ3n) is 3.28. The first-order valence-electron chi connectivity index (χ1n) is 7.01. The van der Waals surface area contributed by atoms with Crippen molar-refractivity contribution in [1.82, 2.24) is 15.1 Å². The number of hydrogen-bond donors (Lipinski definition) is 2. The number of aryl methyl sites for hydroxylation is 1. The Morgan fingerprint density at radius 3 is 2.58 bits per heavy atom. The summed E-state index contributed by atoms with van der Waals surface area (Å²) in [6, 6.07) is 4.65. The summed E-state index contributed by atoms with van der Waals surface area (Å²) in [7, 11) is 0. The summed E-state index contributed by atoms with van der Waals surface area (Å²) < 4.78 is 51.3. The second kappa shape index (κ2) is 6.90. The van der Waals surface area contributed by atoms with Crippen LogP contribution < -0.4 is 0 Å². The van der Waals surface area contributed by atoms with E-state index in [4.69, 9.17) is 0 Å². The minimum absolute atomic E-state index is 0.00409. The minimum atomic E-state index is -4.45. The molecule has 1 aromatic heterocycles. The number of H-pyrrole nitrogens is 1. The molecule has 2 aromatic rings. The second-order valence-corrected chi connectivity index (χ2v) is 5.30. The molecule has 2 rings (SSSR count). The van der Waals surface area contributed by atoms with Crippen molar-refractivity contribution in [3.63, 3.8) is 0 Å². The van der Waals surface area contributed by atoms with Crippen LogP contribution in [0.1, 0.15) is 28.2 Å². The number of benzene rings is 1. The smallest absolute Gasteiger partial charge is 0.390 e. The van der Waals surface area contributed by atoms with Gasteiger partial charge in [-0.15, -0.1) is 0 Å². The molecule has 0 aliphatic rings. The number of halogens is 4. The van der Waals surface area contributed by atoms with Crippen LogP contribution >= 0.6 is 0 Å². The van der Waals surface area contributed by atoms with Crippen LogP contribution in [0.4, 0.5) is 17.6 Å². The van der Waals surface area contributed by atoms with Gasteiger partial charge in [0.05, 0.1) is 6.42 Å². The third kappa shape index (κ3) is 4.71. The topological polar surface area (TPSA) is 69.2 Å². The Labute approximate surface area is 134 Å². The fourth-order valence-electron chi connectivity index (χ4n) is 2.07. The van der Waals surface area contributed by atoms with Crippen LogP contribution in [0.25, 0.3) is 0 Å². The van der Waals surface area contributed by atoms with Gasteiger partial charge in [-0.05, 0) is 19.1 Å². The molecule has 130 valence electrons. The van der Waals surface area contributed by atoms with E-state index in [9.17, 15) is 27.5 Å². The predicted octanol–water partition coefficient (Wildman–Crippen LogP) is 3.16. The van der Waals surface area contributed by atoms with E-state index in [2.05, 4.69) is 10.2 Å². The van der Waals surface area contributed by atoms with Crippen molar-refractivity contribution in [3.8, 4) is 5.75 Å². The summed E-state index contributed by atoms with van der Waals surface area (Å²) in [5, 5.41) is 15.4. The number of alkyl halides is 3. The normalized spacial score (nSPS) is 11.5. The predicted molar refractivity (Wildman–Crippen MR) is 76.8 cm³/mol. The lowest BCUT2D eigenvalue weighted by Crippen LogP contribution is -2.34. The minimum Gasteiger partial charge on any atom is -0.508 e. The van der Waals surface area contributed by atoms with Crippen molar-refractivity contribution in [2.75, 3.05) is 6.54 Å². The van der Waals surface area contributed by atoms with Gasteiger partial charge in [0.25, 0.3) is 5.91 Å². The van der Waals surface area contributed by atoms with Crippen LogP contribution in [0.5, 0.6) is 5.75 Å². The summed E-state index contributed by atoms with van der Waals surface area (Å²) in [4.78, 5) is 13.2. The van der Waals surface area contributed by atoms with E-state index in [-0.39, 0.29) is 23.6 Å². The van der Waals surface area contributed by atoms with Crippen LogP contribution in [0.3, 0.4) is 0 Å². The molecule has 0 unspecified atom stereocenters. The Kier molecular flexibility index (Phi) is 5.10. The van der Waals surface area contributed by atoms with Crippen molar-refractivity contribution < 1.29 is 27.5 Å². The van der Waals surface area contributed by atoms with Gasteiger partial charge in [-0.3, -0.25) is 9.89 Å². The Hall–Kier alpha value is -2.58. The average Bonchev–Trinajstić information content (AvgIpc) is 2.90. The highest BCUT2D eigenvalue weighted by Gasteiger charge is 2.30. The van der Waals surface area contributed by atoms with E-state index in [1.165, 1.54) is 18.2 Å². The van der Waals surface area contributed by atoms with Gasteiger partial charge < -0.3 is 10.0 Å². The molecule has 0 saturated heterocycles. The summed E-state index contributed by atoms with van der Waals surface area (Å²) in [5.74, 6) is -1.86. The molecule has 1 aromatic carbocycles. The Morgan fingerprint density at radius 1 is 1.33 bits per heavy atom. The number of carbonyl (C=O) groups excluding carboxylic acids is 1. The van der Waals surface area contributed by atoms with Crippen LogP contribution in [-0.2, 0) is 6.54 Å². The van der Waals surface area contributed by atoms with E-state index in [0.717, 1.165) is 11.0 Å². The molecule has 5 nitrogen and oxygen atoms in total. The maximum atomic E-state index is 13.8. The standard InChI is InChI=1S/C15H15F4N3O2/c1-9-6-13(21-20-9)14(24)22(5-4-15(17,18)19)8-10-2-3-11(23)7-12(10)16/h2-3,6-7,23H,4-5,8H2,1H3,(H,20,21). The van der Waals surface area contributed by atoms with Gasteiger partial charge in [-0.1, -0.05) is 6.07 Å². The van der Waals surface area contributed by atoms with Gasteiger partial charge >= 0.3 is 6.18 Å². The highest BCUT2D eigenvalue weighted by atomic mass is 19.4. The zero-order valence-electron chi connectivity index (χ0n) is 12.7. The van der Waals surface area contributed by atoms with Crippen LogP contribution in [0.15, 0.2) is 24.3 Å². The van der Waals surface area contributed by atoms with E-state index in [0.29, 0.717) is 5.69 Å². The molecular weight excluding hydrogens is 330 g/mol. The number of nitrogens with zero attached hydrogens (tertiary/aromatic N) is 2. The molecule has 0 fully saturated rings. The molecule has 2 N–H and O–H groups in total. The van der Waals surface area contributed by atoms with Crippen LogP contribution in [0.2, 0.25) is 0 Å². The van der Waals surface area contributed by atoms with Gasteiger partial charge in [0.2, 0.25) is 0 Å². The maximum absolute atomic E-state index is 13.8. The van der Waals surface area contributed by atoms with E-state index in [1.54, 1.807) is 6.92 Å². The molecule has 0 aliphatic heterocycles. The number of carbonyl (C=O) groups is 1. The number of nitrogens with one attached hydrogen (secondary N) is 1. The third-order valence-corrected chi connectivity index (χ3v) is 3.28. The first-order chi connectivity index (χ1) is 11.2. The molecule has 0 bridgehead atoms. The summed E-state index contributed by atoms with van der Waals surface area (Å²) in [6.45, 7) is 0.644. The molecule has 1 amide bonds. The highest BCUT2D eigenvalue weighted by molar-refractivity contribution is 5.92. The lowest BCUT2D eigenvalue weighted by Gasteiger charge is -2.23. The van der Waals surface area contributed by atoms with Crippen LogP contribution in [0, 0.1) is 12.7 Å². The molecular formula is C15H15F4N3O2. The zero-order valence-corrected chi connectivity index (χ0v) is 12.7. The molecule has 24 heavy (non-hydrogen) atoms. The molecule has 0 spiro atoms. The maximum Gasteiger partial charge on any atom is 0.390 e. The Morgan fingerprint density at radius 2 is 2.04 bits per heavy atom. The highest BCUT2D eigenvalue weighted by Crippen LogP contribution is 2.22. The van der Waals surface area contributed by atoms with Gasteiger partial charge in [0.1, 0.15) is 17.3 Å². The number of hydrogen-bond acceptors (Lipinski definition) is 3. The number of rotatable bonds is 5. The van der Waals surface area contributed by atoms with Crippen LogP contribution in [-0.4, -0.2) is 38.8 Å². The fraction of sp³-hybridized carbons (Fsp3) is 0.333. The van der Waals surface area contributed by atoms with Gasteiger partial charge in [-0.2, -0.15) is 18.3 Å². The van der Waals surface area contributed by atoms with E-state index >= 15 is 0 Å². The summed E-state index contributed by atoms with van der Waals surface area (Å²) in [5.41, 5.74) is 0.523. The fourth-order valence-corrected chi connectivity index (χ4v) is 2.07. The lowest BCUT2D eigenvalue weighted by atomic mass is 10.1. The van der Waals surface area contributed by atoms with Crippen molar-refractivity contribution >= 4 is 5.91 Å².